The number of rotatable bonds is 5. The first kappa shape index (κ1) is 25.1. The number of phenolic OH excluding ortho intramolecular Hbond substituents is 1. The van der Waals surface area contributed by atoms with E-state index in [1.54, 1.807) is 24.4 Å². The van der Waals surface area contributed by atoms with E-state index in [1.807, 2.05) is 6.07 Å². The van der Waals surface area contributed by atoms with Crippen molar-refractivity contribution in [3.05, 3.63) is 52.4 Å². The van der Waals surface area contributed by atoms with Crippen molar-refractivity contribution < 1.29 is 14.2 Å². The lowest BCUT2D eigenvalue weighted by molar-refractivity contribution is 0.188. The summed E-state index contributed by atoms with van der Waals surface area (Å²) in [5.74, 6) is -0.605. The summed E-state index contributed by atoms with van der Waals surface area (Å²) in [6, 6.07) is 9.48. The molecule has 0 saturated carbocycles. The quantitative estimate of drug-likeness (QED) is 0.324. The Bertz CT molecular complexity index is 1620. The van der Waals surface area contributed by atoms with E-state index in [0.717, 1.165) is 38.9 Å². The van der Waals surface area contributed by atoms with Gasteiger partial charge < -0.3 is 25.0 Å². The zero-order chi connectivity index (χ0) is 26.8. The van der Waals surface area contributed by atoms with E-state index in [2.05, 4.69) is 32.1 Å². The van der Waals surface area contributed by atoms with Gasteiger partial charge in [0.25, 0.3) is 0 Å². The van der Waals surface area contributed by atoms with Gasteiger partial charge in [0.2, 0.25) is 0 Å². The smallest absolute Gasteiger partial charge is 0.317 e. The summed E-state index contributed by atoms with van der Waals surface area (Å²) in [6.07, 6.45) is 4.77. The SMILES string of the molecule is CN1CCC[C@H]1COc1ncc2c(N3C[C@H]4C[C@@H]3CN4)c(Cl)c(-c3cc(O)cc4cccc(Cl)c34)c(F)c2n1. The number of fused-ring (bicyclic) bond motifs is 4. The lowest BCUT2D eigenvalue weighted by Crippen LogP contribution is -2.43. The van der Waals surface area contributed by atoms with Crippen molar-refractivity contribution in [2.75, 3.05) is 38.2 Å². The highest BCUT2D eigenvalue weighted by molar-refractivity contribution is 6.40. The first-order valence-corrected chi connectivity index (χ1v) is 14.1. The fourth-order valence-corrected chi connectivity index (χ4v) is 7.18. The monoisotopic (exact) mass is 567 g/mol. The van der Waals surface area contributed by atoms with Crippen molar-refractivity contribution in [1.82, 2.24) is 20.2 Å². The number of ether oxygens (including phenoxy) is 1. The van der Waals surface area contributed by atoms with Gasteiger partial charge in [-0.15, -0.1) is 0 Å². The van der Waals surface area contributed by atoms with Crippen LogP contribution in [0.1, 0.15) is 19.3 Å². The molecule has 7 rings (SSSR count). The largest absolute Gasteiger partial charge is 0.508 e. The second-order valence-electron chi connectivity index (χ2n) is 10.8. The third-order valence-electron chi connectivity index (χ3n) is 8.48. The Labute approximate surface area is 235 Å². The summed E-state index contributed by atoms with van der Waals surface area (Å²) in [4.78, 5) is 13.5. The topological polar surface area (TPSA) is 73.8 Å². The normalized spacial score (nSPS) is 23.0. The minimum atomic E-state index is -0.599. The molecular weight excluding hydrogens is 540 g/mol. The number of likely N-dealkylation sites (tertiary alicyclic amines) is 1. The van der Waals surface area contributed by atoms with Crippen molar-refractivity contribution in [2.45, 2.75) is 37.4 Å². The van der Waals surface area contributed by atoms with Gasteiger partial charge in [0.05, 0.1) is 10.7 Å². The zero-order valence-corrected chi connectivity index (χ0v) is 22.9. The van der Waals surface area contributed by atoms with Gasteiger partial charge in [0.1, 0.15) is 17.9 Å². The molecule has 2 N–H and O–H groups in total. The fourth-order valence-electron chi connectivity index (χ4n) is 6.50. The van der Waals surface area contributed by atoms with Crippen LogP contribution in [0.3, 0.4) is 0 Å². The van der Waals surface area contributed by atoms with Crippen LogP contribution >= 0.6 is 23.2 Å². The van der Waals surface area contributed by atoms with Crippen molar-refractivity contribution in [3.63, 3.8) is 0 Å². The van der Waals surface area contributed by atoms with Gasteiger partial charge in [-0.1, -0.05) is 35.3 Å². The van der Waals surface area contributed by atoms with Crippen molar-refractivity contribution in [2.24, 2.45) is 0 Å². The number of likely N-dealkylation sites (N-methyl/N-ethyl adjacent to an activating group) is 1. The number of aromatic nitrogens is 2. The maximum absolute atomic E-state index is 16.7. The van der Waals surface area contributed by atoms with E-state index < -0.39 is 5.82 Å². The summed E-state index contributed by atoms with van der Waals surface area (Å²) in [5.41, 5.74) is 1.40. The molecule has 39 heavy (non-hydrogen) atoms. The first-order chi connectivity index (χ1) is 18.9. The number of nitrogens with zero attached hydrogens (tertiary/aromatic N) is 4. The minimum absolute atomic E-state index is 0.00583. The minimum Gasteiger partial charge on any atom is -0.508 e. The molecule has 1 aromatic heterocycles. The van der Waals surface area contributed by atoms with E-state index in [1.165, 1.54) is 6.07 Å². The van der Waals surface area contributed by atoms with Crippen molar-refractivity contribution in [1.29, 1.82) is 0 Å². The predicted octanol–water partition coefficient (Wildman–Crippen LogP) is 5.63. The molecule has 202 valence electrons. The van der Waals surface area contributed by atoms with E-state index in [0.29, 0.717) is 45.1 Å². The van der Waals surface area contributed by atoms with Gasteiger partial charge in [0, 0.05) is 58.8 Å². The van der Waals surface area contributed by atoms with Gasteiger partial charge in [-0.3, -0.25) is 0 Å². The van der Waals surface area contributed by atoms with Crippen molar-refractivity contribution in [3.8, 4) is 22.9 Å². The average Bonchev–Trinajstić information content (AvgIpc) is 3.65. The Hall–Kier alpha value is -2.91. The van der Waals surface area contributed by atoms with Gasteiger partial charge in [0.15, 0.2) is 5.82 Å². The molecule has 2 bridgehead atoms. The second kappa shape index (κ2) is 9.63. The molecule has 7 nitrogen and oxygen atoms in total. The fraction of sp³-hybridized carbons (Fsp3) is 0.379. The Morgan fingerprint density at radius 2 is 2.13 bits per heavy atom. The summed E-state index contributed by atoms with van der Waals surface area (Å²) < 4.78 is 22.6. The highest BCUT2D eigenvalue weighted by Crippen LogP contribution is 2.49. The van der Waals surface area contributed by atoms with Crippen LogP contribution in [0.2, 0.25) is 10.0 Å². The zero-order valence-electron chi connectivity index (χ0n) is 21.4. The standard InChI is InChI=1S/C29H28Cl2FN5O2/c1-36-7-3-5-17(36)14-39-29-34-12-21-27(35-29)26(32)24(25(31)28(21)37-13-16-9-18(37)11-33-16)20-10-19(38)8-15-4-2-6-22(30)23(15)20/h2,4,6,8,10,12,16-18,33,38H,3,5,7,9,11,13-14H2,1H3/t16-,17+,18-/m1/s1. The molecule has 3 fully saturated rings. The number of anilines is 1. The van der Waals surface area contributed by atoms with Crippen LogP contribution in [0, 0.1) is 5.82 Å². The van der Waals surface area contributed by atoms with E-state index >= 15 is 4.39 Å². The van der Waals surface area contributed by atoms with Crippen molar-refractivity contribution >= 4 is 50.6 Å². The van der Waals surface area contributed by atoms with Crippen LogP contribution in [-0.4, -0.2) is 71.4 Å². The van der Waals surface area contributed by atoms with Crippen LogP contribution in [0.15, 0.2) is 36.5 Å². The molecule has 3 aliphatic heterocycles. The highest BCUT2D eigenvalue weighted by atomic mass is 35.5. The molecule has 0 radical (unpaired) electrons. The number of halogens is 3. The molecule has 3 saturated heterocycles. The molecule has 4 aromatic rings. The molecule has 0 spiro atoms. The number of hydrogen-bond acceptors (Lipinski definition) is 7. The number of hydrogen-bond donors (Lipinski definition) is 2. The van der Waals surface area contributed by atoms with Gasteiger partial charge in [-0.05, 0) is 62.0 Å². The molecule has 0 unspecified atom stereocenters. The van der Waals surface area contributed by atoms with Crippen LogP contribution in [0.4, 0.5) is 10.1 Å². The number of benzene rings is 3. The number of aromatic hydroxyl groups is 1. The molecule has 3 atom stereocenters. The number of nitrogens with one attached hydrogen (secondary N) is 1. The molecule has 0 aliphatic carbocycles. The third kappa shape index (κ3) is 4.16. The Balaban J connectivity index is 1.44. The maximum atomic E-state index is 16.7. The second-order valence-corrected chi connectivity index (χ2v) is 11.6. The van der Waals surface area contributed by atoms with E-state index in [9.17, 15) is 5.11 Å². The molecular formula is C29H28Cl2FN5O2. The molecule has 10 heteroatoms. The molecule has 3 aliphatic rings. The highest BCUT2D eigenvalue weighted by Gasteiger charge is 2.40. The van der Waals surface area contributed by atoms with Crippen LogP contribution < -0.4 is 15.0 Å². The summed E-state index contributed by atoms with van der Waals surface area (Å²) >= 11 is 13.8. The van der Waals surface area contributed by atoms with Crippen LogP contribution in [0.5, 0.6) is 11.8 Å². The molecule has 4 heterocycles. The first-order valence-electron chi connectivity index (χ1n) is 13.3. The Morgan fingerprint density at radius 3 is 2.87 bits per heavy atom. The lowest BCUT2D eigenvalue weighted by atomic mass is 9.95. The molecule has 3 aromatic carbocycles. The summed E-state index contributed by atoms with van der Waals surface area (Å²) in [5, 5.41) is 16.6. The number of phenols is 1. The van der Waals surface area contributed by atoms with Gasteiger partial charge in [-0.2, -0.15) is 4.98 Å². The Morgan fingerprint density at radius 1 is 1.26 bits per heavy atom. The predicted molar refractivity (Wildman–Crippen MR) is 153 cm³/mol. The molecule has 0 amide bonds. The summed E-state index contributed by atoms with van der Waals surface area (Å²) in [6.45, 7) is 3.04. The van der Waals surface area contributed by atoms with Crippen LogP contribution in [-0.2, 0) is 0 Å². The maximum Gasteiger partial charge on any atom is 0.317 e. The Kier molecular flexibility index (Phi) is 6.19. The van der Waals surface area contributed by atoms with Gasteiger partial charge >= 0.3 is 6.01 Å². The third-order valence-corrected chi connectivity index (χ3v) is 9.16. The summed E-state index contributed by atoms with van der Waals surface area (Å²) in [7, 11) is 2.08. The van der Waals surface area contributed by atoms with E-state index in [4.69, 9.17) is 27.9 Å². The van der Waals surface area contributed by atoms with E-state index in [-0.39, 0.29) is 39.9 Å². The average molecular weight is 568 g/mol. The van der Waals surface area contributed by atoms with Gasteiger partial charge in [-0.25, -0.2) is 9.37 Å². The lowest BCUT2D eigenvalue weighted by Gasteiger charge is -2.32. The number of piperazine rings is 1. The van der Waals surface area contributed by atoms with Crippen LogP contribution in [0.25, 0.3) is 32.8 Å².